The first-order valence-corrected chi connectivity index (χ1v) is 14.3. The number of Topliss-reactive ketones (excluding diaryl/α,β-unsaturated/α-hetero) is 1. The molecule has 0 spiro atoms. The van der Waals surface area contributed by atoms with Crippen molar-refractivity contribution in [3.05, 3.63) is 0 Å². The first-order chi connectivity index (χ1) is 15.5. The van der Waals surface area contributed by atoms with E-state index in [1.54, 1.807) is 6.92 Å². The van der Waals surface area contributed by atoms with Crippen molar-refractivity contribution in [1.82, 2.24) is 5.32 Å². The average Bonchev–Trinajstić information content (AvgIpc) is 2.75. The monoisotopic (exact) mass is 467 g/mol. The lowest BCUT2D eigenvalue weighted by atomic mass is 10.0. The number of ketones is 1. The molecular formula is C28H54NO2P. The average molecular weight is 468 g/mol. The number of unbranched alkanes of at least 4 members (excludes halogenated alkanes) is 17. The lowest BCUT2D eigenvalue weighted by Gasteiger charge is -2.16. The van der Waals surface area contributed by atoms with E-state index >= 15 is 0 Å². The summed E-state index contributed by atoms with van der Waals surface area (Å²) in [4.78, 5) is 22.8. The van der Waals surface area contributed by atoms with Crippen LogP contribution >= 0.6 is 8.86 Å². The summed E-state index contributed by atoms with van der Waals surface area (Å²) in [5.41, 5.74) is 0. The lowest BCUT2D eigenvalue weighted by molar-refractivity contribution is -0.121. The predicted molar refractivity (Wildman–Crippen MR) is 144 cm³/mol. The summed E-state index contributed by atoms with van der Waals surface area (Å²) in [6, 6.07) is 0.166. The lowest BCUT2D eigenvalue weighted by Crippen LogP contribution is -2.38. The Morgan fingerprint density at radius 1 is 0.594 bits per heavy atom. The molecule has 188 valence electrons. The highest BCUT2D eigenvalue weighted by atomic mass is 31.0. The fourth-order valence-electron chi connectivity index (χ4n) is 4.27. The molecule has 0 bridgehead atoms. The summed E-state index contributed by atoms with van der Waals surface area (Å²) >= 11 is 0. The van der Waals surface area contributed by atoms with Crippen molar-refractivity contribution < 1.29 is 9.59 Å². The third-order valence-corrected chi connectivity index (χ3v) is 6.80. The molecular weight excluding hydrogens is 413 g/mol. The highest BCUT2D eigenvalue weighted by molar-refractivity contribution is 7.21. The maximum Gasteiger partial charge on any atom is 0.220 e. The number of amides is 1. The zero-order valence-electron chi connectivity index (χ0n) is 21.7. The van der Waals surface area contributed by atoms with Crippen LogP contribution in [0, 0.1) is 0 Å². The van der Waals surface area contributed by atoms with E-state index in [1.165, 1.54) is 103 Å². The molecule has 0 fully saturated rings. The van der Waals surface area contributed by atoms with Crippen LogP contribution in [0.1, 0.15) is 156 Å². The molecule has 0 heterocycles. The third-order valence-electron chi connectivity index (χ3n) is 6.45. The predicted octanol–water partition coefficient (Wildman–Crippen LogP) is 8.61. The second kappa shape index (κ2) is 23.5. The summed E-state index contributed by atoms with van der Waals surface area (Å²) in [6.07, 6.45) is 26.0. The molecule has 1 atom stereocenters. The normalized spacial score (nSPS) is 12.0. The van der Waals surface area contributed by atoms with Crippen molar-refractivity contribution in [3.63, 3.8) is 0 Å². The number of carbonyl (C=O) groups excluding carboxylic acids is 2. The van der Waals surface area contributed by atoms with Crippen molar-refractivity contribution >= 4 is 25.8 Å². The standard InChI is InChI=1S/C28H54NO2P/c1-4-27(26(3)32)29-28(31)24-22-20-18-16-14-12-10-8-6-5-7-9-11-13-15-17-19-21-23-25(2)30/h27,32H,4-24H2,1-3H3,(H,29,31)/t27-/m0/s1. The van der Waals surface area contributed by atoms with Crippen molar-refractivity contribution in [2.75, 3.05) is 0 Å². The molecule has 0 radical (unpaired) electrons. The van der Waals surface area contributed by atoms with Gasteiger partial charge in [0, 0.05) is 12.8 Å². The maximum absolute atomic E-state index is 12.0. The van der Waals surface area contributed by atoms with E-state index in [-0.39, 0.29) is 11.9 Å². The molecule has 0 aromatic rings. The van der Waals surface area contributed by atoms with Gasteiger partial charge in [-0.25, -0.2) is 0 Å². The van der Waals surface area contributed by atoms with Crippen LogP contribution in [-0.2, 0) is 9.59 Å². The van der Waals surface area contributed by atoms with Gasteiger partial charge in [-0.2, -0.15) is 0 Å². The van der Waals surface area contributed by atoms with E-state index in [0.29, 0.717) is 12.2 Å². The first kappa shape index (κ1) is 31.3. The molecule has 0 rings (SSSR count). The molecule has 0 aliphatic rings. The fourth-order valence-corrected chi connectivity index (χ4v) is 4.55. The van der Waals surface area contributed by atoms with Crippen molar-refractivity contribution in [3.8, 4) is 0 Å². The summed E-state index contributed by atoms with van der Waals surface area (Å²) in [7, 11) is 3.54. The van der Waals surface area contributed by atoms with Crippen LogP contribution in [0.5, 0.6) is 0 Å². The van der Waals surface area contributed by atoms with Gasteiger partial charge in [0.2, 0.25) is 5.91 Å². The molecule has 32 heavy (non-hydrogen) atoms. The largest absolute Gasteiger partial charge is 0.349 e. The van der Waals surface area contributed by atoms with Crippen LogP contribution in [0.4, 0.5) is 0 Å². The molecule has 0 saturated heterocycles. The van der Waals surface area contributed by atoms with E-state index in [2.05, 4.69) is 21.1 Å². The first-order valence-electron chi connectivity index (χ1n) is 13.8. The van der Waals surface area contributed by atoms with Crippen LogP contribution in [0.2, 0.25) is 0 Å². The van der Waals surface area contributed by atoms with Gasteiger partial charge in [-0.3, -0.25) is 4.79 Å². The Kier molecular flexibility index (Phi) is 23.0. The Morgan fingerprint density at radius 3 is 1.19 bits per heavy atom. The zero-order valence-corrected chi connectivity index (χ0v) is 22.7. The van der Waals surface area contributed by atoms with Crippen LogP contribution in [0.25, 0.3) is 0 Å². The maximum atomic E-state index is 12.0. The molecule has 0 aromatic carbocycles. The molecule has 1 amide bonds. The summed E-state index contributed by atoms with van der Waals surface area (Å²) in [5, 5.41) is 4.20. The summed E-state index contributed by atoms with van der Waals surface area (Å²) in [5.74, 6) is 0.527. The molecule has 0 aliphatic carbocycles. The van der Waals surface area contributed by atoms with Gasteiger partial charge in [-0.15, -0.1) is 8.86 Å². The zero-order chi connectivity index (χ0) is 23.9. The Morgan fingerprint density at radius 2 is 0.906 bits per heavy atom. The van der Waals surface area contributed by atoms with Gasteiger partial charge in [0.25, 0.3) is 0 Å². The second-order valence-corrected chi connectivity index (χ2v) is 10.6. The Hall–Kier alpha value is -0.690. The Balaban J connectivity index is 3.21. The number of hydrogen-bond donors (Lipinski definition) is 1. The minimum atomic E-state index is 0.166. The number of nitrogens with one attached hydrogen (secondary N) is 1. The molecule has 4 heteroatoms. The minimum Gasteiger partial charge on any atom is -0.349 e. The van der Waals surface area contributed by atoms with Crippen molar-refractivity contribution in [2.24, 2.45) is 0 Å². The van der Waals surface area contributed by atoms with E-state index in [9.17, 15) is 9.59 Å². The molecule has 0 saturated carbocycles. The molecule has 0 unspecified atom stereocenters. The van der Waals surface area contributed by atoms with Gasteiger partial charge >= 0.3 is 0 Å². The van der Waals surface area contributed by atoms with Gasteiger partial charge in [-0.05, 0) is 38.4 Å². The van der Waals surface area contributed by atoms with Gasteiger partial charge < -0.3 is 10.1 Å². The smallest absolute Gasteiger partial charge is 0.220 e. The third kappa shape index (κ3) is 22.5. The van der Waals surface area contributed by atoms with Gasteiger partial charge in [0.1, 0.15) is 5.78 Å². The SMILES string of the molecule is CC[C@H](NC(=O)CCCCCCCCCCCCCCCCCCCCC(C)=O)C(C)=P. The highest BCUT2D eigenvalue weighted by Gasteiger charge is 2.10. The summed E-state index contributed by atoms with van der Waals surface area (Å²) in [6.45, 7) is 5.80. The molecule has 1 N–H and O–H groups in total. The van der Waals surface area contributed by atoms with E-state index in [4.69, 9.17) is 0 Å². The molecule has 3 nitrogen and oxygen atoms in total. The van der Waals surface area contributed by atoms with Gasteiger partial charge in [0.15, 0.2) is 0 Å². The van der Waals surface area contributed by atoms with Crippen LogP contribution in [-0.4, -0.2) is 23.0 Å². The Labute approximate surface area is 202 Å². The molecule has 0 aromatic heterocycles. The van der Waals surface area contributed by atoms with Crippen LogP contribution in [0.3, 0.4) is 0 Å². The van der Waals surface area contributed by atoms with Crippen molar-refractivity contribution in [2.45, 2.75) is 162 Å². The summed E-state index contributed by atoms with van der Waals surface area (Å²) < 4.78 is 0. The topological polar surface area (TPSA) is 46.2 Å². The fraction of sp³-hybridized carbons (Fsp3) is 0.893. The van der Waals surface area contributed by atoms with E-state index < -0.39 is 0 Å². The number of rotatable bonds is 24. The van der Waals surface area contributed by atoms with Crippen LogP contribution in [0.15, 0.2) is 0 Å². The number of carbonyl (C=O) groups is 2. The van der Waals surface area contributed by atoms with E-state index in [0.717, 1.165) is 31.0 Å². The van der Waals surface area contributed by atoms with Crippen molar-refractivity contribution in [1.29, 1.82) is 0 Å². The highest BCUT2D eigenvalue weighted by Crippen LogP contribution is 2.15. The van der Waals surface area contributed by atoms with Gasteiger partial charge in [0.05, 0.1) is 6.04 Å². The second-order valence-electron chi connectivity index (χ2n) is 9.78. The molecule has 0 aliphatic heterocycles. The quantitative estimate of drug-likeness (QED) is 0.114. The van der Waals surface area contributed by atoms with Gasteiger partial charge in [-0.1, -0.05) is 110 Å². The number of hydrogen-bond acceptors (Lipinski definition) is 2. The minimum absolute atomic E-state index is 0.166. The van der Waals surface area contributed by atoms with E-state index in [1.807, 2.05) is 6.92 Å². The van der Waals surface area contributed by atoms with Crippen LogP contribution < -0.4 is 5.32 Å². The Bertz CT molecular complexity index is 478.